The number of rotatable bonds is 6. The summed E-state index contributed by atoms with van der Waals surface area (Å²) in [6, 6.07) is 14.8. The average molecular weight is 651 g/mol. The molecule has 3 N–H and O–H groups in total. The third-order valence-electron chi connectivity index (χ3n) is 7.85. The van der Waals surface area contributed by atoms with Gasteiger partial charge in [-0.15, -0.1) is 4.99 Å². The first-order valence-corrected chi connectivity index (χ1v) is 16.0. The van der Waals surface area contributed by atoms with Crippen LogP contribution in [0.15, 0.2) is 53.5 Å². The van der Waals surface area contributed by atoms with E-state index in [1.54, 1.807) is 46.4 Å². The van der Waals surface area contributed by atoms with Crippen LogP contribution < -0.4 is 10.6 Å². The average Bonchev–Trinajstić information content (AvgIpc) is 3.09. The molecule has 2 aliphatic rings. The largest absolute Gasteiger partial charge is 0.480 e. The Bertz CT molecular complexity index is 1450. The molecule has 1 fully saturated rings. The van der Waals surface area contributed by atoms with Crippen molar-refractivity contribution in [2.45, 2.75) is 90.4 Å². The molecule has 12 nitrogen and oxygen atoms in total. The smallest absolute Gasteiger partial charge is 0.437 e. The van der Waals surface area contributed by atoms with Crippen molar-refractivity contribution in [1.82, 2.24) is 15.5 Å². The maximum atomic E-state index is 12.9. The lowest BCUT2D eigenvalue weighted by Crippen LogP contribution is -2.47. The molecular weight excluding hydrogens is 604 g/mol. The Morgan fingerprint density at radius 2 is 1.47 bits per heavy atom. The van der Waals surface area contributed by atoms with Crippen molar-refractivity contribution in [3.8, 4) is 11.1 Å². The Kier molecular flexibility index (Phi) is 11.2. The number of hydrogen-bond donors (Lipinski definition) is 3. The zero-order valence-electron chi connectivity index (χ0n) is 28.0. The number of carboxylic acids is 1. The summed E-state index contributed by atoms with van der Waals surface area (Å²) in [4.78, 5) is 56.0. The summed E-state index contributed by atoms with van der Waals surface area (Å²) in [5.74, 6) is -1.37. The van der Waals surface area contributed by atoms with E-state index in [0.717, 1.165) is 22.3 Å². The summed E-state index contributed by atoms with van der Waals surface area (Å²) in [6.07, 6.45) is -0.404. The molecule has 3 amide bonds. The molecule has 2 atom stereocenters. The van der Waals surface area contributed by atoms with E-state index in [2.05, 4.69) is 15.6 Å². The second kappa shape index (κ2) is 14.9. The van der Waals surface area contributed by atoms with E-state index >= 15 is 0 Å². The minimum absolute atomic E-state index is 0.000646. The Morgan fingerprint density at radius 3 is 2.04 bits per heavy atom. The Balaban J connectivity index is 1.37. The number of carboxylic acid groups (broad SMARTS) is 1. The van der Waals surface area contributed by atoms with Gasteiger partial charge in [-0.05, 0) is 95.4 Å². The molecular formula is C35H46N4O8. The normalized spacial score (nSPS) is 17.4. The Labute approximate surface area is 275 Å². The highest BCUT2D eigenvalue weighted by molar-refractivity contribution is 5.99. The van der Waals surface area contributed by atoms with Gasteiger partial charge in [0.25, 0.3) is 0 Å². The Morgan fingerprint density at radius 1 is 0.872 bits per heavy atom. The summed E-state index contributed by atoms with van der Waals surface area (Å²) in [7, 11) is 0. The van der Waals surface area contributed by atoms with Gasteiger partial charge < -0.3 is 29.5 Å². The number of aliphatic imine (C=N–C) groups is 1. The number of alkyl carbamates (subject to hydrolysis) is 2. The van der Waals surface area contributed by atoms with Gasteiger partial charge in [-0.3, -0.25) is 5.32 Å². The molecule has 1 heterocycles. The third-order valence-corrected chi connectivity index (χ3v) is 7.85. The second-order valence-corrected chi connectivity index (χ2v) is 13.9. The number of amides is 3. The molecule has 1 saturated heterocycles. The van der Waals surface area contributed by atoms with E-state index in [1.165, 1.54) is 0 Å². The number of nitrogens with zero attached hydrogens (tertiary/aromatic N) is 2. The fourth-order valence-corrected chi connectivity index (χ4v) is 5.89. The van der Waals surface area contributed by atoms with Gasteiger partial charge >= 0.3 is 24.2 Å². The molecule has 0 saturated carbocycles. The molecule has 1 aliphatic heterocycles. The van der Waals surface area contributed by atoms with Crippen LogP contribution in [0, 0.1) is 5.92 Å². The topological polar surface area (TPSA) is 156 Å². The summed E-state index contributed by atoms with van der Waals surface area (Å²) < 4.78 is 16.3. The van der Waals surface area contributed by atoms with Crippen LogP contribution in [0.1, 0.15) is 84.3 Å². The second-order valence-electron chi connectivity index (χ2n) is 13.9. The van der Waals surface area contributed by atoms with Crippen molar-refractivity contribution in [2.24, 2.45) is 10.9 Å². The highest BCUT2D eigenvalue weighted by atomic mass is 16.6. The van der Waals surface area contributed by atoms with E-state index in [0.29, 0.717) is 32.4 Å². The van der Waals surface area contributed by atoms with Crippen LogP contribution in [0.2, 0.25) is 0 Å². The molecule has 254 valence electrons. The molecule has 1 unspecified atom stereocenters. The number of ether oxygens (including phenoxy) is 3. The first-order chi connectivity index (χ1) is 22.1. The highest BCUT2D eigenvalue weighted by Crippen LogP contribution is 2.44. The van der Waals surface area contributed by atoms with Crippen molar-refractivity contribution >= 4 is 30.2 Å². The van der Waals surface area contributed by atoms with Gasteiger partial charge in [-0.2, -0.15) is 0 Å². The number of nitrogens with one attached hydrogen (secondary N) is 2. The highest BCUT2D eigenvalue weighted by Gasteiger charge is 2.32. The molecule has 1 aliphatic carbocycles. The number of carbonyl (C=O) groups excluding carboxylic acids is 3. The van der Waals surface area contributed by atoms with Crippen LogP contribution in [0.3, 0.4) is 0 Å². The van der Waals surface area contributed by atoms with Crippen LogP contribution >= 0.6 is 0 Å². The summed E-state index contributed by atoms with van der Waals surface area (Å²) in [6.45, 7) is 11.2. The third kappa shape index (κ3) is 10.2. The SMILES string of the molecule is CC(C)(C)OC(=O)/N=C(\NC(=O)OC(C)(C)C)N1CCCC(C[C@H](NC(=O)OCC2c3ccccc3-c3ccccc32)C(=O)O)CC1. The van der Waals surface area contributed by atoms with Gasteiger partial charge in [0.2, 0.25) is 5.96 Å². The van der Waals surface area contributed by atoms with Gasteiger partial charge in [0.15, 0.2) is 0 Å². The van der Waals surface area contributed by atoms with Crippen molar-refractivity contribution in [1.29, 1.82) is 0 Å². The molecule has 0 aromatic heterocycles. The molecule has 2 aromatic rings. The van der Waals surface area contributed by atoms with E-state index in [-0.39, 0.29) is 30.8 Å². The number of guanidine groups is 1. The van der Waals surface area contributed by atoms with Gasteiger partial charge in [0.05, 0.1) is 0 Å². The summed E-state index contributed by atoms with van der Waals surface area (Å²) in [5, 5.41) is 15.1. The first-order valence-electron chi connectivity index (χ1n) is 16.0. The lowest BCUT2D eigenvalue weighted by Gasteiger charge is -2.27. The van der Waals surface area contributed by atoms with Crippen molar-refractivity contribution < 1.29 is 38.5 Å². The maximum absolute atomic E-state index is 12.9. The van der Waals surface area contributed by atoms with Gasteiger partial charge in [0, 0.05) is 19.0 Å². The lowest BCUT2D eigenvalue weighted by atomic mass is 9.93. The molecule has 2 aromatic carbocycles. The van der Waals surface area contributed by atoms with Gasteiger partial charge in [-0.1, -0.05) is 48.5 Å². The first kappa shape index (κ1) is 35.2. The molecule has 12 heteroatoms. The predicted molar refractivity (Wildman–Crippen MR) is 176 cm³/mol. The van der Waals surface area contributed by atoms with Crippen LogP contribution in [0.5, 0.6) is 0 Å². The quantitative estimate of drug-likeness (QED) is 0.186. The monoisotopic (exact) mass is 650 g/mol. The summed E-state index contributed by atoms with van der Waals surface area (Å²) >= 11 is 0. The molecule has 0 bridgehead atoms. The molecule has 4 rings (SSSR count). The molecule has 0 radical (unpaired) electrons. The van der Waals surface area contributed by atoms with Crippen LogP contribution in [-0.4, -0.2) is 77.2 Å². The molecule has 47 heavy (non-hydrogen) atoms. The number of hydrogen-bond acceptors (Lipinski definition) is 7. The standard InChI is InChI=1S/C35H46N4O8/c1-34(2,3)46-32(43)37-30(38-33(44)47-35(4,5)6)39-18-11-12-22(17-19-39)20-28(29(40)41)36-31(42)45-21-27-25-15-9-7-13-23(25)24-14-8-10-16-26(24)27/h7-10,13-16,22,27-28H,11-12,17-21H2,1-6H3,(H,36,42)(H,40,41)(H,37,38,43,44)/t22?,28-/m0/s1. The summed E-state index contributed by atoms with van der Waals surface area (Å²) in [5.41, 5.74) is 2.78. The fraction of sp³-hybridized carbons (Fsp3) is 0.514. The van der Waals surface area contributed by atoms with Gasteiger partial charge in [0.1, 0.15) is 23.9 Å². The maximum Gasteiger partial charge on any atom is 0.437 e. The van der Waals surface area contributed by atoms with Crippen LogP contribution in [-0.2, 0) is 19.0 Å². The Hall–Kier alpha value is -4.61. The van der Waals surface area contributed by atoms with Crippen LogP contribution in [0.4, 0.5) is 14.4 Å². The number of fused-ring (bicyclic) bond motifs is 3. The van der Waals surface area contributed by atoms with Crippen molar-refractivity contribution in [3.05, 3.63) is 59.7 Å². The fourth-order valence-electron chi connectivity index (χ4n) is 5.89. The van der Waals surface area contributed by atoms with E-state index in [1.807, 2.05) is 48.5 Å². The van der Waals surface area contributed by atoms with Crippen molar-refractivity contribution in [2.75, 3.05) is 19.7 Å². The minimum atomic E-state index is -1.16. The lowest BCUT2D eigenvalue weighted by molar-refractivity contribution is -0.139. The van der Waals surface area contributed by atoms with E-state index in [4.69, 9.17) is 14.2 Å². The van der Waals surface area contributed by atoms with Crippen molar-refractivity contribution in [3.63, 3.8) is 0 Å². The predicted octanol–water partition coefficient (Wildman–Crippen LogP) is 6.29. The van der Waals surface area contributed by atoms with Crippen LogP contribution in [0.25, 0.3) is 11.1 Å². The zero-order chi connectivity index (χ0) is 34.4. The van der Waals surface area contributed by atoms with E-state index in [9.17, 15) is 24.3 Å². The zero-order valence-corrected chi connectivity index (χ0v) is 28.0. The van der Waals surface area contributed by atoms with E-state index < -0.39 is 41.5 Å². The number of likely N-dealkylation sites (tertiary alicyclic amines) is 1. The molecule has 0 spiro atoms. The number of aliphatic carboxylic acids is 1. The number of carbonyl (C=O) groups is 4. The minimum Gasteiger partial charge on any atom is -0.480 e. The van der Waals surface area contributed by atoms with Gasteiger partial charge in [-0.25, -0.2) is 19.2 Å². The number of benzene rings is 2.